The first-order valence-corrected chi connectivity index (χ1v) is 15.8. The summed E-state index contributed by atoms with van der Waals surface area (Å²) in [5.74, 6) is 2.31. The molecule has 4 heteroatoms. The predicted molar refractivity (Wildman–Crippen MR) is 164 cm³/mol. The van der Waals surface area contributed by atoms with Gasteiger partial charge in [-0.25, -0.2) is 0 Å². The molecule has 0 fully saturated rings. The average Bonchev–Trinajstić information content (AvgIpc) is 2.96. The Balaban J connectivity index is 2.12. The van der Waals surface area contributed by atoms with E-state index in [0.717, 1.165) is 56.4 Å². The maximum absolute atomic E-state index is 13.6. The van der Waals surface area contributed by atoms with Crippen LogP contribution >= 0.6 is 0 Å². The van der Waals surface area contributed by atoms with Crippen LogP contribution in [-0.2, 0) is 12.8 Å². The molecule has 0 bridgehead atoms. The molecule has 2 aromatic carbocycles. The molecule has 2 aromatic rings. The number of ether oxygens (including phenoxy) is 3. The van der Waals surface area contributed by atoms with E-state index >= 15 is 0 Å². The maximum atomic E-state index is 13.6. The van der Waals surface area contributed by atoms with E-state index in [4.69, 9.17) is 14.2 Å². The van der Waals surface area contributed by atoms with Gasteiger partial charge in [-0.2, -0.15) is 0 Å². The molecule has 0 aliphatic rings. The zero-order valence-electron chi connectivity index (χ0n) is 25.3. The molecule has 0 saturated carbocycles. The van der Waals surface area contributed by atoms with Gasteiger partial charge in [-0.1, -0.05) is 104 Å². The second-order valence-electron chi connectivity index (χ2n) is 10.6. The lowest BCUT2D eigenvalue weighted by atomic mass is 9.99. The quantitative estimate of drug-likeness (QED) is 0.104. The summed E-state index contributed by atoms with van der Waals surface area (Å²) in [4.78, 5) is 13.6. The number of benzene rings is 2. The van der Waals surface area contributed by atoms with E-state index in [1.165, 1.54) is 50.5 Å². The number of para-hydroxylation sites is 1. The third-order valence-corrected chi connectivity index (χ3v) is 7.19. The highest BCUT2D eigenvalue weighted by molar-refractivity contribution is 5.99. The van der Waals surface area contributed by atoms with Crippen LogP contribution in [0.25, 0.3) is 0 Å². The monoisotopic (exact) mass is 538 g/mol. The number of carbonyl (C=O) groups is 1. The number of carbonyl (C=O) groups excluding carboxylic acids is 1. The molecule has 0 aliphatic heterocycles. The molecule has 0 unspecified atom stereocenters. The van der Waals surface area contributed by atoms with Gasteiger partial charge in [0.25, 0.3) is 0 Å². The predicted octanol–water partition coefficient (Wildman–Crippen LogP) is 9.94. The van der Waals surface area contributed by atoms with Crippen molar-refractivity contribution in [3.05, 3.63) is 53.1 Å². The van der Waals surface area contributed by atoms with Crippen LogP contribution in [0.15, 0.2) is 36.4 Å². The lowest BCUT2D eigenvalue weighted by molar-refractivity contribution is 0.0977. The molecule has 0 amide bonds. The first-order valence-electron chi connectivity index (χ1n) is 15.8. The number of rotatable bonds is 23. The molecular weight excluding hydrogens is 484 g/mol. The highest BCUT2D eigenvalue weighted by atomic mass is 16.5. The third kappa shape index (κ3) is 12.5. The summed E-state index contributed by atoms with van der Waals surface area (Å²) in [6.45, 7) is 10.8. The minimum absolute atomic E-state index is 0.0887. The zero-order chi connectivity index (χ0) is 28.1. The summed E-state index contributed by atoms with van der Waals surface area (Å²) in [5, 5.41) is 0. The molecule has 2 rings (SSSR count). The molecule has 4 nitrogen and oxygen atoms in total. The van der Waals surface area contributed by atoms with E-state index in [1.54, 1.807) is 0 Å². The molecule has 0 N–H and O–H groups in total. The van der Waals surface area contributed by atoms with E-state index in [9.17, 15) is 4.79 Å². The summed E-state index contributed by atoms with van der Waals surface area (Å²) in [6, 6.07) is 12.2. The first kappa shape index (κ1) is 32.7. The zero-order valence-corrected chi connectivity index (χ0v) is 25.3. The van der Waals surface area contributed by atoms with Gasteiger partial charge in [0.2, 0.25) is 0 Å². The van der Waals surface area contributed by atoms with Crippen molar-refractivity contribution in [1.29, 1.82) is 0 Å². The van der Waals surface area contributed by atoms with Gasteiger partial charge in [0.15, 0.2) is 17.3 Å². The Kier molecular flexibility index (Phi) is 17.1. The second kappa shape index (κ2) is 20.4. The molecule has 0 atom stereocenters. The van der Waals surface area contributed by atoms with Gasteiger partial charge < -0.3 is 14.2 Å². The van der Waals surface area contributed by atoms with Crippen LogP contribution in [0.3, 0.4) is 0 Å². The fourth-order valence-corrected chi connectivity index (χ4v) is 4.69. The highest BCUT2D eigenvalue weighted by Crippen LogP contribution is 2.33. The van der Waals surface area contributed by atoms with Gasteiger partial charge >= 0.3 is 0 Å². The summed E-state index contributed by atoms with van der Waals surface area (Å²) >= 11 is 0. The standard InChI is InChI=1S/C35H54O4/c1-5-9-12-15-25-37-33-24-21-29(8-4)28-30(33)22-23-32(36)31-19-18-20-34(38-26-16-13-10-6-2)35(31)39-27-17-14-11-7-3/h18-21,24,28H,5-17,22-23,25-27H2,1-4H3. The number of aryl methyl sites for hydroxylation is 2. The van der Waals surface area contributed by atoms with Gasteiger partial charge in [-0.3, -0.25) is 4.79 Å². The molecule has 0 spiro atoms. The molecular formula is C35H54O4. The Morgan fingerprint density at radius 2 is 1.23 bits per heavy atom. The van der Waals surface area contributed by atoms with Gasteiger partial charge in [0.05, 0.1) is 25.4 Å². The summed E-state index contributed by atoms with van der Waals surface area (Å²) in [5.41, 5.74) is 3.01. The van der Waals surface area contributed by atoms with E-state index < -0.39 is 0 Å². The molecule has 0 saturated heterocycles. The van der Waals surface area contributed by atoms with E-state index in [1.807, 2.05) is 18.2 Å². The van der Waals surface area contributed by atoms with Crippen molar-refractivity contribution in [3.63, 3.8) is 0 Å². The van der Waals surface area contributed by atoms with Crippen molar-refractivity contribution in [2.24, 2.45) is 0 Å². The summed E-state index contributed by atoms with van der Waals surface area (Å²) in [7, 11) is 0. The third-order valence-electron chi connectivity index (χ3n) is 7.19. The fraction of sp³-hybridized carbons (Fsp3) is 0.629. The summed E-state index contributed by atoms with van der Waals surface area (Å²) in [6.07, 6.45) is 15.8. The number of hydrogen-bond acceptors (Lipinski definition) is 4. The van der Waals surface area contributed by atoms with E-state index in [0.29, 0.717) is 43.1 Å². The van der Waals surface area contributed by atoms with Crippen LogP contribution in [0.1, 0.15) is 133 Å². The van der Waals surface area contributed by atoms with Crippen LogP contribution in [0.5, 0.6) is 17.2 Å². The maximum Gasteiger partial charge on any atom is 0.171 e. The van der Waals surface area contributed by atoms with Gasteiger partial charge in [-0.15, -0.1) is 0 Å². The molecule has 0 aromatic heterocycles. The Bertz CT molecular complexity index is 936. The Morgan fingerprint density at radius 1 is 0.641 bits per heavy atom. The van der Waals surface area contributed by atoms with Crippen molar-refractivity contribution in [2.75, 3.05) is 19.8 Å². The number of Topliss-reactive ketones (excluding diaryl/α,β-unsaturated/α-hetero) is 1. The minimum atomic E-state index is 0.0887. The molecule has 0 aliphatic carbocycles. The second-order valence-corrected chi connectivity index (χ2v) is 10.6. The van der Waals surface area contributed by atoms with Gasteiger partial charge in [0, 0.05) is 6.42 Å². The fourth-order valence-electron chi connectivity index (χ4n) is 4.69. The SMILES string of the molecule is CCCCCCOc1ccc(CC)cc1CCC(=O)c1cccc(OCCCCCC)c1OCCCCCC. The van der Waals surface area contributed by atoms with Crippen molar-refractivity contribution < 1.29 is 19.0 Å². The van der Waals surface area contributed by atoms with Gasteiger partial charge in [0.1, 0.15) is 5.75 Å². The van der Waals surface area contributed by atoms with Crippen LogP contribution in [0.4, 0.5) is 0 Å². The number of unbranched alkanes of at least 4 members (excludes halogenated alkanes) is 9. The lowest BCUT2D eigenvalue weighted by Crippen LogP contribution is -2.10. The number of hydrogen-bond donors (Lipinski definition) is 0. The Labute approximate surface area is 238 Å². The van der Waals surface area contributed by atoms with Crippen molar-refractivity contribution in [2.45, 2.75) is 124 Å². The van der Waals surface area contributed by atoms with Crippen molar-refractivity contribution in [1.82, 2.24) is 0 Å². The van der Waals surface area contributed by atoms with Crippen LogP contribution in [0, 0.1) is 0 Å². The van der Waals surface area contributed by atoms with Crippen LogP contribution < -0.4 is 14.2 Å². The smallest absolute Gasteiger partial charge is 0.171 e. The average molecular weight is 539 g/mol. The van der Waals surface area contributed by atoms with Crippen molar-refractivity contribution >= 4 is 5.78 Å². The minimum Gasteiger partial charge on any atom is -0.493 e. The molecule has 0 radical (unpaired) electrons. The molecule has 0 heterocycles. The van der Waals surface area contributed by atoms with E-state index in [-0.39, 0.29) is 5.78 Å². The largest absolute Gasteiger partial charge is 0.493 e. The number of ketones is 1. The lowest BCUT2D eigenvalue weighted by Gasteiger charge is -2.17. The molecule has 218 valence electrons. The topological polar surface area (TPSA) is 44.8 Å². The van der Waals surface area contributed by atoms with Crippen molar-refractivity contribution in [3.8, 4) is 17.2 Å². The summed E-state index contributed by atoms with van der Waals surface area (Å²) < 4.78 is 18.5. The normalized spacial score (nSPS) is 11.0. The van der Waals surface area contributed by atoms with Crippen LogP contribution in [0.2, 0.25) is 0 Å². The Morgan fingerprint density at radius 3 is 1.82 bits per heavy atom. The highest BCUT2D eigenvalue weighted by Gasteiger charge is 2.18. The van der Waals surface area contributed by atoms with Gasteiger partial charge in [-0.05, 0) is 61.4 Å². The first-order chi connectivity index (χ1) is 19.1. The van der Waals surface area contributed by atoms with E-state index in [2.05, 4.69) is 45.9 Å². The molecule has 39 heavy (non-hydrogen) atoms. The van der Waals surface area contributed by atoms with Crippen LogP contribution in [-0.4, -0.2) is 25.6 Å². The Hall–Kier alpha value is -2.49.